The minimum Gasteiger partial charge on any atom is -0.383 e. The Morgan fingerprint density at radius 3 is 2.06 bits per heavy atom. The van der Waals surface area contributed by atoms with Gasteiger partial charge in [0.15, 0.2) is 0 Å². The van der Waals surface area contributed by atoms with Crippen LogP contribution in [0.4, 0.5) is 19.0 Å². The van der Waals surface area contributed by atoms with Crippen LogP contribution in [0, 0.1) is 6.92 Å². The molecular formula is C11H15F3N2. The first-order valence-corrected chi connectivity index (χ1v) is 4.88. The zero-order valence-corrected chi connectivity index (χ0v) is 9.74. The molecule has 0 aliphatic carbocycles. The van der Waals surface area contributed by atoms with E-state index in [0.29, 0.717) is 5.69 Å². The number of nitrogen functional groups attached to an aromatic ring is 1. The molecule has 16 heavy (non-hydrogen) atoms. The standard InChI is InChI=1S/C11H15F3N2/c1-6-5-7(10(2,3)4)8(9(15)16-6)11(12,13)14/h5H,1-4H3,(H2,15,16). The molecule has 5 heteroatoms. The van der Waals surface area contributed by atoms with Gasteiger partial charge in [-0.3, -0.25) is 0 Å². The third-order valence-corrected chi connectivity index (χ3v) is 2.27. The summed E-state index contributed by atoms with van der Waals surface area (Å²) in [6.07, 6.45) is -4.46. The molecule has 2 N–H and O–H groups in total. The van der Waals surface area contributed by atoms with Crippen molar-refractivity contribution in [1.82, 2.24) is 4.98 Å². The van der Waals surface area contributed by atoms with Crippen molar-refractivity contribution in [3.63, 3.8) is 0 Å². The molecule has 0 aliphatic heterocycles. The van der Waals surface area contributed by atoms with Crippen LogP contribution in [-0.2, 0) is 11.6 Å². The zero-order chi connectivity index (χ0) is 12.7. The van der Waals surface area contributed by atoms with E-state index in [0.717, 1.165) is 0 Å². The number of pyridine rings is 1. The number of rotatable bonds is 0. The van der Waals surface area contributed by atoms with E-state index in [1.54, 1.807) is 27.7 Å². The molecule has 0 bridgehead atoms. The summed E-state index contributed by atoms with van der Waals surface area (Å²) in [7, 11) is 0. The second kappa shape index (κ2) is 3.64. The SMILES string of the molecule is Cc1cc(C(C)(C)C)c(C(F)(F)F)c(N)n1. The second-order valence-electron chi connectivity index (χ2n) is 4.82. The van der Waals surface area contributed by atoms with Gasteiger partial charge in [0.05, 0.1) is 0 Å². The number of nitrogens with two attached hydrogens (primary N) is 1. The highest BCUT2D eigenvalue weighted by Gasteiger charge is 2.39. The lowest BCUT2D eigenvalue weighted by Crippen LogP contribution is -2.22. The van der Waals surface area contributed by atoms with Crippen LogP contribution < -0.4 is 5.73 Å². The number of aryl methyl sites for hydroxylation is 1. The largest absolute Gasteiger partial charge is 0.420 e. The van der Waals surface area contributed by atoms with Crippen LogP contribution in [0.1, 0.15) is 37.6 Å². The molecule has 0 fully saturated rings. The Bertz CT molecular complexity index is 403. The average Bonchev–Trinajstić information content (AvgIpc) is 1.97. The van der Waals surface area contributed by atoms with E-state index in [4.69, 9.17) is 5.73 Å². The predicted octanol–water partition coefficient (Wildman–Crippen LogP) is 3.29. The molecule has 0 saturated heterocycles. The fraction of sp³-hybridized carbons (Fsp3) is 0.545. The van der Waals surface area contributed by atoms with Crippen molar-refractivity contribution in [2.24, 2.45) is 0 Å². The maximum atomic E-state index is 12.9. The molecule has 0 aliphatic rings. The molecule has 1 heterocycles. The Labute approximate surface area is 92.7 Å². The number of hydrogen-bond donors (Lipinski definition) is 1. The van der Waals surface area contributed by atoms with E-state index >= 15 is 0 Å². The second-order valence-corrected chi connectivity index (χ2v) is 4.82. The molecule has 1 aromatic rings. The van der Waals surface area contributed by atoms with Gasteiger partial charge in [0.2, 0.25) is 0 Å². The zero-order valence-electron chi connectivity index (χ0n) is 9.74. The molecule has 0 unspecified atom stereocenters. The van der Waals surface area contributed by atoms with Crippen molar-refractivity contribution >= 4 is 5.82 Å². The number of nitrogens with zero attached hydrogens (tertiary/aromatic N) is 1. The normalized spacial score (nSPS) is 12.9. The maximum absolute atomic E-state index is 12.9. The molecule has 90 valence electrons. The van der Waals surface area contributed by atoms with Gasteiger partial charge in [0, 0.05) is 5.69 Å². The molecule has 0 atom stereocenters. The van der Waals surface area contributed by atoms with E-state index in [9.17, 15) is 13.2 Å². The number of halogens is 3. The number of anilines is 1. The smallest absolute Gasteiger partial charge is 0.383 e. The lowest BCUT2D eigenvalue weighted by molar-refractivity contribution is -0.138. The van der Waals surface area contributed by atoms with Crippen molar-refractivity contribution in [2.45, 2.75) is 39.3 Å². The van der Waals surface area contributed by atoms with Gasteiger partial charge in [0.25, 0.3) is 0 Å². The third-order valence-electron chi connectivity index (χ3n) is 2.27. The number of aromatic nitrogens is 1. The first-order valence-electron chi connectivity index (χ1n) is 4.88. The Morgan fingerprint density at radius 2 is 1.69 bits per heavy atom. The Morgan fingerprint density at radius 1 is 1.19 bits per heavy atom. The van der Waals surface area contributed by atoms with Crippen LogP contribution in [0.5, 0.6) is 0 Å². The molecule has 1 rings (SSSR count). The van der Waals surface area contributed by atoms with Crippen molar-refractivity contribution in [3.8, 4) is 0 Å². The highest BCUT2D eigenvalue weighted by Crippen LogP contribution is 2.40. The van der Waals surface area contributed by atoms with Gasteiger partial charge in [-0.2, -0.15) is 13.2 Å². The number of alkyl halides is 3. The lowest BCUT2D eigenvalue weighted by atomic mass is 9.83. The highest BCUT2D eigenvalue weighted by atomic mass is 19.4. The van der Waals surface area contributed by atoms with Crippen molar-refractivity contribution in [2.75, 3.05) is 5.73 Å². The molecule has 0 amide bonds. The topological polar surface area (TPSA) is 38.9 Å². The van der Waals surface area contributed by atoms with Crippen LogP contribution in [0.15, 0.2) is 6.07 Å². The lowest BCUT2D eigenvalue weighted by Gasteiger charge is -2.25. The summed E-state index contributed by atoms with van der Waals surface area (Å²) in [5.74, 6) is -0.447. The van der Waals surface area contributed by atoms with Gasteiger partial charge < -0.3 is 5.73 Å². The van der Waals surface area contributed by atoms with Crippen LogP contribution in [0.3, 0.4) is 0 Å². The Kier molecular flexibility index (Phi) is 2.92. The van der Waals surface area contributed by atoms with Gasteiger partial charge in [-0.05, 0) is 24.0 Å². The summed E-state index contributed by atoms with van der Waals surface area (Å²) < 4.78 is 38.6. The molecule has 0 spiro atoms. The van der Waals surface area contributed by atoms with E-state index in [-0.39, 0.29) is 5.56 Å². The third kappa shape index (κ3) is 2.46. The summed E-state index contributed by atoms with van der Waals surface area (Å²) >= 11 is 0. The summed E-state index contributed by atoms with van der Waals surface area (Å²) in [5.41, 5.74) is 4.62. The summed E-state index contributed by atoms with van der Waals surface area (Å²) in [4.78, 5) is 3.67. The van der Waals surface area contributed by atoms with Crippen LogP contribution in [0.25, 0.3) is 0 Å². The molecule has 0 aromatic carbocycles. The minimum atomic E-state index is -4.46. The fourth-order valence-electron chi connectivity index (χ4n) is 1.59. The van der Waals surface area contributed by atoms with Gasteiger partial charge in [-0.15, -0.1) is 0 Å². The van der Waals surface area contributed by atoms with E-state index in [1.807, 2.05) is 0 Å². The minimum absolute atomic E-state index is 0.185. The molecule has 0 radical (unpaired) electrons. The van der Waals surface area contributed by atoms with Crippen LogP contribution in [0.2, 0.25) is 0 Å². The van der Waals surface area contributed by atoms with Crippen molar-refractivity contribution in [3.05, 3.63) is 22.9 Å². The summed E-state index contributed by atoms with van der Waals surface area (Å²) in [5, 5.41) is 0. The quantitative estimate of drug-likeness (QED) is 0.745. The Hall–Kier alpha value is -1.26. The van der Waals surface area contributed by atoms with Crippen molar-refractivity contribution < 1.29 is 13.2 Å². The van der Waals surface area contributed by atoms with Gasteiger partial charge in [-0.1, -0.05) is 20.8 Å². The first kappa shape index (κ1) is 12.8. The summed E-state index contributed by atoms with van der Waals surface area (Å²) in [6, 6.07) is 1.44. The van der Waals surface area contributed by atoms with Crippen LogP contribution >= 0.6 is 0 Å². The highest BCUT2D eigenvalue weighted by molar-refractivity contribution is 5.50. The number of hydrogen-bond acceptors (Lipinski definition) is 2. The van der Waals surface area contributed by atoms with Gasteiger partial charge in [-0.25, -0.2) is 4.98 Å². The molecule has 0 saturated carbocycles. The van der Waals surface area contributed by atoms with E-state index in [2.05, 4.69) is 4.98 Å². The van der Waals surface area contributed by atoms with E-state index in [1.165, 1.54) is 6.07 Å². The van der Waals surface area contributed by atoms with Gasteiger partial charge in [0.1, 0.15) is 11.4 Å². The molecular weight excluding hydrogens is 217 g/mol. The van der Waals surface area contributed by atoms with Crippen molar-refractivity contribution in [1.29, 1.82) is 0 Å². The fourth-order valence-corrected chi connectivity index (χ4v) is 1.59. The molecule has 2 nitrogen and oxygen atoms in total. The average molecular weight is 232 g/mol. The van der Waals surface area contributed by atoms with Crippen LogP contribution in [-0.4, -0.2) is 4.98 Å². The first-order chi connectivity index (χ1) is 7.03. The monoisotopic (exact) mass is 232 g/mol. The Balaban J connectivity index is 3.58. The predicted molar refractivity (Wildman–Crippen MR) is 57.1 cm³/mol. The molecule has 1 aromatic heterocycles. The van der Waals surface area contributed by atoms with Gasteiger partial charge >= 0.3 is 6.18 Å². The summed E-state index contributed by atoms with van der Waals surface area (Å²) in [6.45, 7) is 6.79. The van der Waals surface area contributed by atoms with E-state index < -0.39 is 23.0 Å². The maximum Gasteiger partial charge on any atom is 0.420 e.